The summed E-state index contributed by atoms with van der Waals surface area (Å²) in [4.78, 5) is 13.5. The van der Waals surface area contributed by atoms with Gasteiger partial charge in [0, 0.05) is 34.6 Å². The third kappa shape index (κ3) is 4.83. The Morgan fingerprint density at radius 2 is 1.92 bits per heavy atom. The number of amides is 1. The van der Waals surface area contributed by atoms with Crippen molar-refractivity contribution in [3.63, 3.8) is 0 Å². The lowest BCUT2D eigenvalue weighted by Crippen LogP contribution is -2.31. The number of carbonyl (C=O) groups excluding carboxylic acids is 1. The summed E-state index contributed by atoms with van der Waals surface area (Å²) >= 11 is 5.24. The van der Waals surface area contributed by atoms with Crippen LogP contribution in [0.2, 0.25) is 0 Å². The van der Waals surface area contributed by atoms with Crippen LogP contribution in [0.25, 0.3) is 0 Å². The van der Waals surface area contributed by atoms with Crippen molar-refractivity contribution in [2.24, 2.45) is 0 Å². The lowest BCUT2D eigenvalue weighted by Gasteiger charge is -2.25. The molecule has 1 fully saturated rings. The summed E-state index contributed by atoms with van der Waals surface area (Å²) in [5.41, 5.74) is 1.76. The van der Waals surface area contributed by atoms with Gasteiger partial charge in [-0.3, -0.25) is 4.79 Å². The van der Waals surface area contributed by atoms with Gasteiger partial charge in [-0.1, -0.05) is 30.3 Å². The molecule has 0 atom stereocenters. The summed E-state index contributed by atoms with van der Waals surface area (Å²) < 4.78 is 8.63. The minimum atomic E-state index is -0.0600. The summed E-state index contributed by atoms with van der Waals surface area (Å²) in [6.07, 6.45) is 0. The van der Waals surface area contributed by atoms with E-state index in [-0.39, 0.29) is 5.91 Å². The molecule has 126 valence electrons. The predicted molar refractivity (Wildman–Crippen MR) is 100 cm³/mol. The number of nitrogens with one attached hydrogen (secondary N) is 1. The van der Waals surface area contributed by atoms with Crippen LogP contribution in [0.3, 0.4) is 0 Å². The van der Waals surface area contributed by atoms with Crippen molar-refractivity contribution in [2.75, 3.05) is 26.3 Å². The number of carbonyl (C=O) groups is 1. The number of rotatable bonds is 5. The molecule has 3 rings (SSSR count). The molecule has 2 aromatic rings. The van der Waals surface area contributed by atoms with Crippen molar-refractivity contribution < 1.29 is 9.53 Å². The molecule has 1 N–H and O–H groups in total. The molecule has 0 bridgehead atoms. The first-order valence-electron chi connectivity index (χ1n) is 7.85. The van der Waals surface area contributed by atoms with Crippen LogP contribution >= 0.6 is 27.9 Å². The first-order chi connectivity index (χ1) is 11.7. The Balaban J connectivity index is 1.64. The average Bonchev–Trinajstić information content (AvgIpc) is 2.63. The number of ether oxygens (including phenoxy) is 1. The van der Waals surface area contributed by atoms with Crippen LogP contribution in [-0.2, 0) is 11.3 Å². The van der Waals surface area contributed by atoms with Crippen molar-refractivity contribution in [3.05, 3.63) is 64.1 Å². The quantitative estimate of drug-likeness (QED) is 0.768. The average molecular weight is 407 g/mol. The second-order valence-electron chi connectivity index (χ2n) is 5.45. The van der Waals surface area contributed by atoms with Gasteiger partial charge in [0.05, 0.1) is 13.2 Å². The van der Waals surface area contributed by atoms with Crippen LogP contribution in [-0.4, -0.2) is 36.5 Å². The molecule has 0 spiro atoms. The number of benzene rings is 2. The van der Waals surface area contributed by atoms with E-state index in [0.29, 0.717) is 12.1 Å². The van der Waals surface area contributed by atoms with Crippen molar-refractivity contribution >= 4 is 33.8 Å². The molecule has 0 saturated carbocycles. The zero-order chi connectivity index (χ0) is 16.8. The van der Waals surface area contributed by atoms with Crippen molar-refractivity contribution in [3.8, 4) is 0 Å². The second-order valence-corrected chi connectivity index (χ2v) is 7.44. The summed E-state index contributed by atoms with van der Waals surface area (Å²) in [7, 11) is 0. The van der Waals surface area contributed by atoms with Crippen molar-refractivity contribution in [2.45, 2.75) is 11.4 Å². The Morgan fingerprint density at radius 1 is 1.17 bits per heavy atom. The van der Waals surface area contributed by atoms with E-state index < -0.39 is 0 Å². The molecule has 24 heavy (non-hydrogen) atoms. The minimum Gasteiger partial charge on any atom is -0.379 e. The molecule has 4 nitrogen and oxygen atoms in total. The zero-order valence-electron chi connectivity index (χ0n) is 13.2. The van der Waals surface area contributed by atoms with Gasteiger partial charge in [-0.25, -0.2) is 4.31 Å². The highest BCUT2D eigenvalue weighted by molar-refractivity contribution is 9.10. The number of hydrogen-bond acceptors (Lipinski definition) is 4. The number of halogens is 1. The standard InChI is InChI=1S/C18H19BrN2O2S/c19-16-7-6-15(12-17(16)24-21-8-10-23-11-9-21)18(22)20-13-14-4-2-1-3-5-14/h1-7,12H,8-11,13H2,(H,20,22). The maximum atomic E-state index is 12.4. The summed E-state index contributed by atoms with van der Waals surface area (Å²) in [6, 6.07) is 15.6. The van der Waals surface area contributed by atoms with E-state index in [1.807, 2.05) is 48.5 Å². The summed E-state index contributed by atoms with van der Waals surface area (Å²) in [6.45, 7) is 3.81. The molecule has 6 heteroatoms. The minimum absolute atomic E-state index is 0.0600. The van der Waals surface area contributed by atoms with Crippen LogP contribution in [0.15, 0.2) is 57.9 Å². The largest absolute Gasteiger partial charge is 0.379 e. The van der Waals surface area contributed by atoms with Crippen LogP contribution in [0.4, 0.5) is 0 Å². The summed E-state index contributed by atoms with van der Waals surface area (Å²) in [5.74, 6) is -0.0600. The molecule has 1 aliphatic rings. The van der Waals surface area contributed by atoms with E-state index in [2.05, 4.69) is 25.6 Å². The first-order valence-corrected chi connectivity index (χ1v) is 9.41. The van der Waals surface area contributed by atoms with E-state index in [4.69, 9.17) is 4.74 Å². The molecule has 0 aromatic heterocycles. The van der Waals surface area contributed by atoms with Crippen LogP contribution in [0.1, 0.15) is 15.9 Å². The van der Waals surface area contributed by atoms with Gasteiger partial charge in [0.2, 0.25) is 0 Å². The molecule has 2 aromatic carbocycles. The number of hydrogen-bond donors (Lipinski definition) is 1. The Bertz CT molecular complexity index is 691. The van der Waals surface area contributed by atoms with E-state index in [9.17, 15) is 4.79 Å². The van der Waals surface area contributed by atoms with Crippen LogP contribution in [0, 0.1) is 0 Å². The maximum Gasteiger partial charge on any atom is 0.251 e. The fraction of sp³-hybridized carbons (Fsp3) is 0.278. The van der Waals surface area contributed by atoms with E-state index >= 15 is 0 Å². The van der Waals surface area contributed by atoms with Gasteiger partial charge >= 0.3 is 0 Å². The van der Waals surface area contributed by atoms with Gasteiger partial charge < -0.3 is 10.1 Å². The SMILES string of the molecule is O=C(NCc1ccccc1)c1ccc(Br)c(SN2CCOCC2)c1. The smallest absolute Gasteiger partial charge is 0.251 e. The van der Waals surface area contributed by atoms with Gasteiger partial charge in [0.25, 0.3) is 5.91 Å². The van der Waals surface area contributed by atoms with E-state index in [1.165, 1.54) is 0 Å². The monoisotopic (exact) mass is 406 g/mol. The van der Waals surface area contributed by atoms with E-state index in [1.54, 1.807) is 11.9 Å². The molecule has 0 aliphatic carbocycles. The van der Waals surface area contributed by atoms with Crippen molar-refractivity contribution in [1.29, 1.82) is 0 Å². The Labute approximate surface area is 154 Å². The highest BCUT2D eigenvalue weighted by Gasteiger charge is 2.15. The summed E-state index contributed by atoms with van der Waals surface area (Å²) in [5, 5.41) is 2.97. The van der Waals surface area contributed by atoms with Crippen LogP contribution < -0.4 is 5.32 Å². The molecule has 1 amide bonds. The fourth-order valence-corrected chi connectivity index (χ4v) is 3.78. The lowest BCUT2D eigenvalue weighted by atomic mass is 10.2. The lowest BCUT2D eigenvalue weighted by molar-refractivity contribution is 0.0773. The van der Waals surface area contributed by atoms with Gasteiger partial charge in [-0.05, 0) is 51.6 Å². The molecule has 1 saturated heterocycles. The normalized spacial score (nSPS) is 15.2. The Morgan fingerprint density at radius 3 is 2.67 bits per heavy atom. The van der Waals surface area contributed by atoms with Gasteiger partial charge in [0.15, 0.2) is 0 Å². The third-order valence-electron chi connectivity index (χ3n) is 3.69. The van der Waals surface area contributed by atoms with Crippen LogP contribution in [0.5, 0.6) is 0 Å². The molecule has 1 heterocycles. The first kappa shape index (κ1) is 17.5. The Kier molecular flexibility index (Phi) is 6.31. The maximum absolute atomic E-state index is 12.4. The second kappa shape index (κ2) is 8.67. The predicted octanol–water partition coefficient (Wildman–Crippen LogP) is 3.72. The molecule has 1 aliphatic heterocycles. The molecule has 0 unspecified atom stereocenters. The third-order valence-corrected chi connectivity index (χ3v) is 5.80. The van der Waals surface area contributed by atoms with Gasteiger partial charge in [-0.2, -0.15) is 0 Å². The highest BCUT2D eigenvalue weighted by Crippen LogP contribution is 2.31. The molecular formula is C18H19BrN2O2S. The molecular weight excluding hydrogens is 388 g/mol. The van der Waals surface area contributed by atoms with Gasteiger partial charge in [0.1, 0.15) is 0 Å². The number of nitrogens with zero attached hydrogens (tertiary/aromatic N) is 1. The highest BCUT2D eigenvalue weighted by atomic mass is 79.9. The fourth-order valence-electron chi connectivity index (χ4n) is 2.37. The van der Waals surface area contributed by atoms with Gasteiger partial charge in [-0.15, -0.1) is 0 Å². The number of morpholine rings is 1. The van der Waals surface area contributed by atoms with Crippen molar-refractivity contribution in [1.82, 2.24) is 9.62 Å². The zero-order valence-corrected chi connectivity index (χ0v) is 15.6. The van der Waals surface area contributed by atoms with E-state index in [0.717, 1.165) is 41.2 Å². The topological polar surface area (TPSA) is 41.6 Å². The Hall–Kier alpha value is -1.34. The molecule has 0 radical (unpaired) electrons.